The van der Waals surface area contributed by atoms with E-state index < -0.39 is 35.5 Å². The summed E-state index contributed by atoms with van der Waals surface area (Å²) in [6, 6.07) is 8.32. The van der Waals surface area contributed by atoms with E-state index in [9.17, 15) is 19.5 Å². The summed E-state index contributed by atoms with van der Waals surface area (Å²) in [5.74, 6) is -2.37. The maximum Gasteiger partial charge on any atom is 0.334 e. The molecule has 110 valence electrons. The van der Waals surface area contributed by atoms with E-state index in [-0.39, 0.29) is 0 Å². The number of rotatable bonds is 3. The van der Waals surface area contributed by atoms with E-state index in [0.29, 0.717) is 18.4 Å². The molecule has 2 bridgehead atoms. The zero-order valence-corrected chi connectivity index (χ0v) is 11.5. The Morgan fingerprint density at radius 2 is 1.71 bits per heavy atom. The molecule has 6 nitrogen and oxygen atoms in total. The van der Waals surface area contributed by atoms with Crippen molar-refractivity contribution in [2.24, 2.45) is 0 Å². The van der Waals surface area contributed by atoms with Gasteiger partial charge in [0.2, 0.25) is 0 Å². The van der Waals surface area contributed by atoms with Gasteiger partial charge >= 0.3 is 5.97 Å². The lowest BCUT2D eigenvalue weighted by Gasteiger charge is -2.40. The highest BCUT2D eigenvalue weighted by Crippen LogP contribution is 2.37. The zero-order chi connectivity index (χ0) is 15.2. The van der Waals surface area contributed by atoms with Gasteiger partial charge < -0.3 is 9.84 Å². The number of carbonyl (C=O) groups is 3. The molecule has 3 atom stereocenters. The van der Waals surface area contributed by atoms with E-state index in [2.05, 4.69) is 0 Å². The molecule has 6 heteroatoms. The number of benzene rings is 1. The summed E-state index contributed by atoms with van der Waals surface area (Å²) in [7, 11) is 0. The number of amides is 2. The lowest BCUT2D eigenvalue weighted by molar-refractivity contribution is -0.183. The Kier molecular flexibility index (Phi) is 3.06. The largest absolute Gasteiger partial charge is 0.479 e. The molecule has 0 radical (unpaired) electrons. The number of imide groups is 1. The van der Waals surface area contributed by atoms with Gasteiger partial charge in [0.15, 0.2) is 5.54 Å². The Hall–Kier alpha value is -2.21. The van der Waals surface area contributed by atoms with Gasteiger partial charge in [0.1, 0.15) is 12.2 Å². The predicted molar refractivity (Wildman–Crippen MR) is 71.2 cm³/mol. The van der Waals surface area contributed by atoms with Crippen molar-refractivity contribution in [1.82, 2.24) is 4.90 Å². The highest BCUT2D eigenvalue weighted by Gasteiger charge is 2.56. The first-order valence-electron chi connectivity index (χ1n) is 6.78. The van der Waals surface area contributed by atoms with Crippen molar-refractivity contribution in [3.63, 3.8) is 0 Å². The van der Waals surface area contributed by atoms with Crippen molar-refractivity contribution in [3.8, 4) is 0 Å². The van der Waals surface area contributed by atoms with E-state index >= 15 is 0 Å². The Morgan fingerprint density at radius 3 is 2.19 bits per heavy atom. The summed E-state index contributed by atoms with van der Waals surface area (Å²) in [6.07, 6.45) is -0.517. The molecule has 3 unspecified atom stereocenters. The maximum absolute atomic E-state index is 12.4. The minimum Gasteiger partial charge on any atom is -0.479 e. The van der Waals surface area contributed by atoms with Crippen LogP contribution in [0.3, 0.4) is 0 Å². The average molecular weight is 289 g/mol. The van der Waals surface area contributed by atoms with Crippen LogP contribution in [0.5, 0.6) is 0 Å². The third-order valence-electron chi connectivity index (χ3n) is 4.21. The van der Waals surface area contributed by atoms with E-state index in [1.54, 1.807) is 30.3 Å². The molecule has 1 aromatic carbocycles. The lowest BCUT2D eigenvalue weighted by Crippen LogP contribution is -2.62. The number of aliphatic carboxylic acids is 1. The topological polar surface area (TPSA) is 83.9 Å². The van der Waals surface area contributed by atoms with Crippen LogP contribution in [0.2, 0.25) is 0 Å². The van der Waals surface area contributed by atoms with E-state index in [0.717, 1.165) is 4.90 Å². The molecule has 2 amide bonds. The molecule has 1 N–H and O–H groups in total. The summed E-state index contributed by atoms with van der Waals surface area (Å²) in [4.78, 5) is 37.6. The average Bonchev–Trinajstić information content (AvgIpc) is 2.93. The fraction of sp³-hybridized carbons (Fsp3) is 0.400. The number of likely N-dealkylation sites (tertiary alicyclic amines) is 1. The maximum atomic E-state index is 12.4. The van der Waals surface area contributed by atoms with Crippen LogP contribution in [0.4, 0.5) is 0 Å². The second-order valence-corrected chi connectivity index (χ2v) is 5.45. The quantitative estimate of drug-likeness (QED) is 0.836. The number of ether oxygens (including phenoxy) is 1. The molecule has 3 rings (SSSR count). The Bertz CT molecular complexity index is 592. The third-order valence-corrected chi connectivity index (χ3v) is 4.21. The summed E-state index contributed by atoms with van der Waals surface area (Å²) >= 11 is 0. The predicted octanol–water partition coefficient (Wildman–Crippen LogP) is 0.903. The monoisotopic (exact) mass is 289 g/mol. The molecule has 2 heterocycles. The molecule has 1 aromatic rings. The van der Waals surface area contributed by atoms with Crippen molar-refractivity contribution in [3.05, 3.63) is 35.9 Å². The van der Waals surface area contributed by atoms with E-state index in [1.807, 2.05) is 0 Å². The smallest absolute Gasteiger partial charge is 0.334 e. The second kappa shape index (κ2) is 4.66. The number of fused-ring (bicyclic) bond motifs is 2. The standard InChI is InChI=1S/C15H15NO5/c1-15(14(19)20,9-5-3-2-4-6-9)16-12(17)10-7-8-11(21-10)13(16)18/h2-6,10-11H,7-8H2,1H3,(H,19,20). The number of carboxylic acids is 1. The Morgan fingerprint density at radius 1 is 1.19 bits per heavy atom. The summed E-state index contributed by atoms with van der Waals surface area (Å²) < 4.78 is 5.33. The molecule has 2 saturated heterocycles. The molecule has 2 fully saturated rings. The Labute approximate surface area is 121 Å². The van der Waals surface area contributed by atoms with Crippen molar-refractivity contribution < 1.29 is 24.2 Å². The molecule has 21 heavy (non-hydrogen) atoms. The number of carbonyl (C=O) groups excluding carboxylic acids is 2. The number of nitrogens with zero attached hydrogens (tertiary/aromatic N) is 1. The number of carboxylic acid groups (broad SMARTS) is 1. The summed E-state index contributed by atoms with van der Waals surface area (Å²) in [6.45, 7) is 1.38. The highest BCUT2D eigenvalue weighted by molar-refractivity contribution is 6.06. The van der Waals surface area contributed by atoms with Crippen LogP contribution in [0.15, 0.2) is 30.3 Å². The molecular weight excluding hydrogens is 274 g/mol. The minimum absolute atomic E-state index is 0.389. The van der Waals surface area contributed by atoms with Crippen molar-refractivity contribution in [2.45, 2.75) is 37.5 Å². The van der Waals surface area contributed by atoms with Crippen LogP contribution < -0.4 is 0 Å². The second-order valence-electron chi connectivity index (χ2n) is 5.45. The number of hydrogen-bond donors (Lipinski definition) is 1. The molecule has 0 spiro atoms. The van der Waals surface area contributed by atoms with Crippen molar-refractivity contribution >= 4 is 17.8 Å². The van der Waals surface area contributed by atoms with Gasteiger partial charge in [0, 0.05) is 0 Å². The van der Waals surface area contributed by atoms with E-state index in [1.165, 1.54) is 6.92 Å². The summed E-state index contributed by atoms with van der Waals surface area (Å²) in [5, 5.41) is 9.68. The summed E-state index contributed by atoms with van der Waals surface area (Å²) in [5.41, 5.74) is -1.33. The third kappa shape index (κ3) is 1.86. The minimum atomic E-state index is -1.72. The van der Waals surface area contributed by atoms with Gasteiger partial charge in [-0.05, 0) is 25.3 Å². The van der Waals surface area contributed by atoms with Gasteiger partial charge in [-0.3, -0.25) is 14.5 Å². The van der Waals surface area contributed by atoms with Crippen molar-refractivity contribution in [2.75, 3.05) is 0 Å². The number of hydrogen-bond acceptors (Lipinski definition) is 4. The normalized spacial score (nSPS) is 27.6. The molecule has 2 aliphatic heterocycles. The van der Waals surface area contributed by atoms with Gasteiger partial charge in [-0.1, -0.05) is 30.3 Å². The SMILES string of the molecule is CC(C(=O)O)(c1ccccc1)N1C(=O)C2CCC(O2)C1=O. The fourth-order valence-corrected chi connectivity index (χ4v) is 2.95. The zero-order valence-electron chi connectivity index (χ0n) is 11.5. The van der Waals surface area contributed by atoms with Gasteiger partial charge in [-0.25, -0.2) is 4.79 Å². The molecule has 0 aromatic heterocycles. The highest BCUT2D eigenvalue weighted by atomic mass is 16.5. The molecule has 0 saturated carbocycles. The van der Waals surface area contributed by atoms with Gasteiger partial charge in [0.25, 0.3) is 11.8 Å². The first-order chi connectivity index (χ1) is 9.96. The van der Waals surface area contributed by atoms with Crippen LogP contribution in [0.1, 0.15) is 25.3 Å². The van der Waals surface area contributed by atoms with Gasteiger partial charge in [0.05, 0.1) is 0 Å². The fourth-order valence-electron chi connectivity index (χ4n) is 2.95. The van der Waals surface area contributed by atoms with Crippen LogP contribution in [0.25, 0.3) is 0 Å². The van der Waals surface area contributed by atoms with Crippen LogP contribution >= 0.6 is 0 Å². The van der Waals surface area contributed by atoms with Gasteiger partial charge in [-0.2, -0.15) is 0 Å². The first-order valence-corrected chi connectivity index (χ1v) is 6.78. The lowest BCUT2D eigenvalue weighted by atomic mass is 9.89. The van der Waals surface area contributed by atoms with E-state index in [4.69, 9.17) is 4.74 Å². The van der Waals surface area contributed by atoms with Crippen LogP contribution in [-0.2, 0) is 24.7 Å². The molecule has 2 aliphatic rings. The first kappa shape index (κ1) is 13.8. The van der Waals surface area contributed by atoms with Gasteiger partial charge in [-0.15, -0.1) is 0 Å². The Balaban J connectivity index is 2.11. The molecular formula is C15H15NO5. The van der Waals surface area contributed by atoms with Crippen LogP contribution in [0, 0.1) is 0 Å². The van der Waals surface area contributed by atoms with Crippen molar-refractivity contribution in [1.29, 1.82) is 0 Å². The molecule has 0 aliphatic carbocycles. The number of morpholine rings is 1. The van der Waals surface area contributed by atoms with Crippen LogP contribution in [-0.4, -0.2) is 40.0 Å².